The second-order valence-corrected chi connectivity index (χ2v) is 4.19. The van der Waals surface area contributed by atoms with E-state index in [9.17, 15) is 9.18 Å². The molecule has 2 rings (SSSR count). The lowest BCUT2D eigenvalue weighted by molar-refractivity contribution is -0.136. The van der Waals surface area contributed by atoms with Gasteiger partial charge in [0, 0.05) is 19.6 Å². The van der Waals surface area contributed by atoms with Crippen molar-refractivity contribution in [1.29, 1.82) is 0 Å². The Bertz CT molecular complexity index is 208. The van der Waals surface area contributed by atoms with Crippen LogP contribution in [0.4, 0.5) is 4.39 Å². The molecule has 2 saturated heterocycles. The molecule has 0 aromatic carbocycles. The van der Waals surface area contributed by atoms with Crippen LogP contribution in [0.1, 0.15) is 19.3 Å². The molecule has 0 saturated carbocycles. The normalized spacial score (nSPS) is 29.5. The Hall–Kier alpha value is -0.640. The summed E-state index contributed by atoms with van der Waals surface area (Å²) in [5, 5.41) is 3.18. The van der Waals surface area contributed by atoms with Gasteiger partial charge in [0.05, 0.1) is 5.92 Å². The summed E-state index contributed by atoms with van der Waals surface area (Å²) in [4.78, 5) is 13.7. The molecule has 14 heavy (non-hydrogen) atoms. The number of rotatable bonds is 1. The monoisotopic (exact) mass is 200 g/mol. The molecule has 0 spiro atoms. The van der Waals surface area contributed by atoms with E-state index < -0.39 is 6.17 Å². The fourth-order valence-corrected chi connectivity index (χ4v) is 2.19. The van der Waals surface area contributed by atoms with E-state index in [0.29, 0.717) is 25.9 Å². The molecule has 4 heteroatoms. The van der Waals surface area contributed by atoms with Crippen LogP contribution < -0.4 is 5.32 Å². The first-order chi connectivity index (χ1) is 6.77. The Morgan fingerprint density at radius 2 is 2.00 bits per heavy atom. The molecule has 2 aliphatic rings. The molecule has 0 bridgehead atoms. The minimum atomic E-state index is -0.694. The van der Waals surface area contributed by atoms with Crippen molar-refractivity contribution < 1.29 is 9.18 Å². The van der Waals surface area contributed by atoms with Gasteiger partial charge in [-0.2, -0.15) is 0 Å². The number of likely N-dealkylation sites (tertiary alicyclic amines) is 1. The Labute approximate surface area is 83.6 Å². The molecule has 80 valence electrons. The van der Waals surface area contributed by atoms with Crippen molar-refractivity contribution in [1.82, 2.24) is 10.2 Å². The van der Waals surface area contributed by atoms with Crippen molar-refractivity contribution in [2.24, 2.45) is 5.92 Å². The number of piperidine rings is 1. The van der Waals surface area contributed by atoms with Gasteiger partial charge < -0.3 is 10.2 Å². The van der Waals surface area contributed by atoms with E-state index in [1.165, 1.54) is 0 Å². The van der Waals surface area contributed by atoms with Gasteiger partial charge in [-0.05, 0) is 25.8 Å². The fraction of sp³-hybridized carbons (Fsp3) is 0.900. The van der Waals surface area contributed by atoms with E-state index in [2.05, 4.69) is 5.32 Å². The second kappa shape index (κ2) is 4.26. The summed E-state index contributed by atoms with van der Waals surface area (Å²) < 4.78 is 12.8. The highest BCUT2D eigenvalue weighted by Crippen LogP contribution is 2.18. The van der Waals surface area contributed by atoms with Gasteiger partial charge in [-0.15, -0.1) is 0 Å². The summed E-state index contributed by atoms with van der Waals surface area (Å²) in [5.74, 6) is 0.369. The van der Waals surface area contributed by atoms with E-state index in [0.717, 1.165) is 19.5 Å². The maximum atomic E-state index is 12.8. The van der Waals surface area contributed by atoms with Gasteiger partial charge in [-0.1, -0.05) is 0 Å². The molecule has 2 heterocycles. The van der Waals surface area contributed by atoms with Crippen LogP contribution in [0.2, 0.25) is 0 Å². The number of carbonyl (C=O) groups excluding carboxylic acids is 1. The third-order valence-electron chi connectivity index (χ3n) is 3.15. The van der Waals surface area contributed by atoms with Gasteiger partial charge in [-0.25, -0.2) is 4.39 Å². The summed E-state index contributed by atoms with van der Waals surface area (Å²) >= 11 is 0. The highest BCUT2D eigenvalue weighted by Gasteiger charge is 2.29. The first-order valence-corrected chi connectivity index (χ1v) is 5.41. The minimum absolute atomic E-state index is 0.145. The average molecular weight is 200 g/mol. The van der Waals surface area contributed by atoms with E-state index in [4.69, 9.17) is 0 Å². The Morgan fingerprint density at radius 3 is 2.57 bits per heavy atom. The molecular weight excluding hydrogens is 183 g/mol. The van der Waals surface area contributed by atoms with Gasteiger partial charge in [-0.3, -0.25) is 4.79 Å². The molecule has 2 fully saturated rings. The maximum Gasteiger partial charge on any atom is 0.227 e. The van der Waals surface area contributed by atoms with Crippen LogP contribution in [0.5, 0.6) is 0 Å². The molecule has 1 amide bonds. The van der Waals surface area contributed by atoms with E-state index in [1.54, 1.807) is 0 Å². The van der Waals surface area contributed by atoms with Gasteiger partial charge in [0.1, 0.15) is 6.17 Å². The zero-order valence-corrected chi connectivity index (χ0v) is 8.34. The zero-order valence-electron chi connectivity index (χ0n) is 8.34. The second-order valence-electron chi connectivity index (χ2n) is 4.19. The quantitative estimate of drug-likeness (QED) is 0.670. The zero-order chi connectivity index (χ0) is 9.97. The van der Waals surface area contributed by atoms with Gasteiger partial charge >= 0.3 is 0 Å². The van der Waals surface area contributed by atoms with Gasteiger partial charge in [0.25, 0.3) is 0 Å². The summed E-state index contributed by atoms with van der Waals surface area (Å²) in [5.41, 5.74) is 0. The lowest BCUT2D eigenvalue weighted by Gasteiger charge is -2.30. The van der Waals surface area contributed by atoms with Gasteiger partial charge in [0.15, 0.2) is 0 Å². The molecule has 0 unspecified atom stereocenters. The largest absolute Gasteiger partial charge is 0.342 e. The van der Waals surface area contributed by atoms with E-state index >= 15 is 0 Å². The number of halogens is 1. The number of alkyl halides is 1. The highest BCUT2D eigenvalue weighted by molar-refractivity contribution is 5.79. The molecule has 3 nitrogen and oxygen atoms in total. The standard InChI is InChI=1S/C10H17FN2O/c11-9-2-5-13(6-3-9)10(14)8-1-4-12-7-8/h8-9,12H,1-7H2/t8-/m1/s1. The Kier molecular flexibility index (Phi) is 3.01. The SMILES string of the molecule is O=C([C@@H]1CCNC1)N1CCC(F)CC1. The molecule has 0 aromatic rings. The lowest BCUT2D eigenvalue weighted by atomic mass is 10.0. The van der Waals surface area contributed by atoms with Crippen molar-refractivity contribution in [3.05, 3.63) is 0 Å². The minimum Gasteiger partial charge on any atom is -0.342 e. The summed E-state index contributed by atoms with van der Waals surface area (Å²) in [6, 6.07) is 0. The molecular formula is C10H17FN2O. The van der Waals surface area contributed by atoms with Crippen molar-refractivity contribution in [2.45, 2.75) is 25.4 Å². The van der Waals surface area contributed by atoms with Crippen molar-refractivity contribution in [3.8, 4) is 0 Å². The Morgan fingerprint density at radius 1 is 1.29 bits per heavy atom. The first kappa shape index (κ1) is 9.90. The van der Waals surface area contributed by atoms with Crippen LogP contribution in [-0.2, 0) is 4.79 Å². The van der Waals surface area contributed by atoms with Crippen LogP contribution in [-0.4, -0.2) is 43.2 Å². The third kappa shape index (κ3) is 2.05. The van der Waals surface area contributed by atoms with Crippen LogP contribution >= 0.6 is 0 Å². The summed E-state index contributed by atoms with van der Waals surface area (Å²) in [6.07, 6.45) is 1.28. The summed E-state index contributed by atoms with van der Waals surface area (Å²) in [7, 11) is 0. The predicted octanol–water partition coefficient (Wildman–Crippen LogP) is 0.556. The number of hydrogen-bond acceptors (Lipinski definition) is 2. The number of hydrogen-bond donors (Lipinski definition) is 1. The third-order valence-corrected chi connectivity index (χ3v) is 3.15. The molecule has 0 aromatic heterocycles. The van der Waals surface area contributed by atoms with Crippen LogP contribution in [0, 0.1) is 5.92 Å². The van der Waals surface area contributed by atoms with Crippen molar-refractivity contribution >= 4 is 5.91 Å². The molecule has 0 radical (unpaired) electrons. The van der Waals surface area contributed by atoms with Crippen molar-refractivity contribution in [2.75, 3.05) is 26.2 Å². The maximum absolute atomic E-state index is 12.8. The lowest BCUT2D eigenvalue weighted by Crippen LogP contribution is -2.42. The van der Waals surface area contributed by atoms with Crippen LogP contribution in [0.25, 0.3) is 0 Å². The van der Waals surface area contributed by atoms with E-state index in [-0.39, 0.29) is 11.8 Å². The van der Waals surface area contributed by atoms with Crippen LogP contribution in [0.15, 0.2) is 0 Å². The number of amides is 1. The fourth-order valence-electron chi connectivity index (χ4n) is 2.19. The summed E-state index contributed by atoms with van der Waals surface area (Å²) in [6.45, 7) is 2.96. The number of nitrogens with one attached hydrogen (secondary N) is 1. The number of carbonyl (C=O) groups is 1. The van der Waals surface area contributed by atoms with E-state index in [1.807, 2.05) is 4.90 Å². The molecule has 1 N–H and O–H groups in total. The average Bonchev–Trinajstić information content (AvgIpc) is 2.71. The Balaban J connectivity index is 1.85. The predicted molar refractivity (Wildman–Crippen MR) is 51.7 cm³/mol. The smallest absolute Gasteiger partial charge is 0.227 e. The van der Waals surface area contributed by atoms with Crippen LogP contribution in [0.3, 0.4) is 0 Å². The topological polar surface area (TPSA) is 32.3 Å². The molecule has 1 atom stereocenters. The van der Waals surface area contributed by atoms with Gasteiger partial charge in [0.2, 0.25) is 5.91 Å². The molecule has 0 aliphatic carbocycles. The highest BCUT2D eigenvalue weighted by atomic mass is 19.1. The number of nitrogens with zero attached hydrogens (tertiary/aromatic N) is 1. The molecule has 2 aliphatic heterocycles. The first-order valence-electron chi connectivity index (χ1n) is 5.41. The van der Waals surface area contributed by atoms with Crippen molar-refractivity contribution in [3.63, 3.8) is 0 Å².